The van der Waals surface area contributed by atoms with Crippen molar-refractivity contribution in [3.05, 3.63) is 77.1 Å². The first-order valence-corrected chi connectivity index (χ1v) is 12.2. The number of aromatic nitrogens is 1. The number of nitrogens with zero attached hydrogens (tertiary/aromatic N) is 2. The van der Waals surface area contributed by atoms with E-state index in [0.29, 0.717) is 22.1 Å². The van der Waals surface area contributed by atoms with Crippen LogP contribution in [-0.2, 0) is 9.59 Å². The summed E-state index contributed by atoms with van der Waals surface area (Å²) in [5.41, 5.74) is 1.67. The molecule has 3 amide bonds. The molecule has 1 fully saturated rings. The van der Waals surface area contributed by atoms with Gasteiger partial charge in [0, 0.05) is 35.7 Å². The maximum atomic E-state index is 14.2. The molecule has 0 aliphatic heterocycles. The molecule has 1 aliphatic carbocycles. The van der Waals surface area contributed by atoms with Crippen LogP contribution < -0.4 is 15.5 Å². The number of hydrogen-bond acceptors (Lipinski definition) is 5. The van der Waals surface area contributed by atoms with E-state index in [0.717, 1.165) is 25.7 Å². The Morgan fingerprint density at radius 3 is 2.49 bits per heavy atom. The van der Waals surface area contributed by atoms with Gasteiger partial charge in [-0.3, -0.25) is 19.3 Å². The van der Waals surface area contributed by atoms with Crippen LogP contribution in [-0.4, -0.2) is 28.7 Å². The van der Waals surface area contributed by atoms with E-state index in [2.05, 4.69) is 15.6 Å². The highest BCUT2D eigenvalue weighted by Gasteiger charge is 2.21. The molecule has 1 aliphatic rings. The zero-order valence-electron chi connectivity index (χ0n) is 19.2. The van der Waals surface area contributed by atoms with Crippen molar-refractivity contribution in [2.75, 3.05) is 10.2 Å². The summed E-state index contributed by atoms with van der Waals surface area (Å²) >= 11 is 1.17. The van der Waals surface area contributed by atoms with Crippen molar-refractivity contribution in [3.63, 3.8) is 0 Å². The van der Waals surface area contributed by atoms with Crippen LogP contribution >= 0.6 is 11.3 Å². The quantitative estimate of drug-likeness (QED) is 0.439. The highest BCUT2D eigenvalue weighted by atomic mass is 32.1. The fourth-order valence-electron chi connectivity index (χ4n) is 3.88. The van der Waals surface area contributed by atoms with Gasteiger partial charge < -0.3 is 10.6 Å². The van der Waals surface area contributed by atoms with Gasteiger partial charge in [0.1, 0.15) is 5.82 Å². The number of nitrogens with one attached hydrogen (secondary N) is 2. The number of thiazole rings is 1. The Morgan fingerprint density at radius 2 is 1.80 bits per heavy atom. The van der Waals surface area contributed by atoms with E-state index < -0.39 is 5.82 Å². The van der Waals surface area contributed by atoms with Crippen LogP contribution in [0.15, 0.2) is 60.0 Å². The molecule has 7 nitrogen and oxygen atoms in total. The molecule has 0 unspecified atom stereocenters. The van der Waals surface area contributed by atoms with Gasteiger partial charge in [-0.15, -0.1) is 11.3 Å². The number of rotatable bonds is 7. The van der Waals surface area contributed by atoms with Gasteiger partial charge in [0.25, 0.3) is 5.91 Å². The largest absolute Gasteiger partial charge is 0.349 e. The van der Waals surface area contributed by atoms with Crippen molar-refractivity contribution in [1.82, 2.24) is 10.3 Å². The average Bonchev–Trinajstić information content (AvgIpc) is 3.52. The molecule has 0 bridgehead atoms. The van der Waals surface area contributed by atoms with E-state index >= 15 is 0 Å². The number of para-hydroxylation sites is 1. The van der Waals surface area contributed by atoms with E-state index in [-0.39, 0.29) is 29.5 Å². The topological polar surface area (TPSA) is 91.4 Å². The lowest BCUT2D eigenvalue weighted by Gasteiger charge is -2.18. The van der Waals surface area contributed by atoms with Crippen LogP contribution in [0.3, 0.4) is 0 Å². The Labute approximate surface area is 206 Å². The number of carbonyl (C=O) groups is 3. The molecule has 3 aromatic rings. The summed E-state index contributed by atoms with van der Waals surface area (Å²) in [6.45, 7) is 1.33. The second-order valence-electron chi connectivity index (χ2n) is 8.22. The molecule has 0 radical (unpaired) electrons. The van der Waals surface area contributed by atoms with Gasteiger partial charge in [0.15, 0.2) is 5.13 Å². The lowest BCUT2D eigenvalue weighted by atomic mass is 10.1. The third-order valence-corrected chi connectivity index (χ3v) is 6.46. The summed E-state index contributed by atoms with van der Waals surface area (Å²) in [5.74, 6) is -1.39. The fraction of sp³-hybridized carbons (Fsp3) is 0.231. The van der Waals surface area contributed by atoms with E-state index in [1.54, 1.807) is 41.8 Å². The van der Waals surface area contributed by atoms with Crippen LogP contribution in [0.4, 0.5) is 20.9 Å². The molecule has 0 saturated heterocycles. The third-order valence-electron chi connectivity index (χ3n) is 5.62. The molecule has 1 saturated carbocycles. The average molecular weight is 493 g/mol. The van der Waals surface area contributed by atoms with Crippen LogP contribution in [0, 0.1) is 5.82 Å². The number of hydrogen-bond donors (Lipinski definition) is 2. The van der Waals surface area contributed by atoms with E-state index in [9.17, 15) is 18.8 Å². The monoisotopic (exact) mass is 492 g/mol. The van der Waals surface area contributed by atoms with E-state index in [1.165, 1.54) is 47.4 Å². The van der Waals surface area contributed by atoms with Crippen molar-refractivity contribution in [3.8, 4) is 0 Å². The second-order valence-corrected chi connectivity index (χ2v) is 9.05. The molecule has 180 valence electrons. The Hall–Kier alpha value is -3.85. The van der Waals surface area contributed by atoms with Gasteiger partial charge in [-0.1, -0.05) is 25.0 Å². The molecule has 0 spiro atoms. The first-order chi connectivity index (χ1) is 16.9. The smallest absolute Gasteiger partial charge is 0.251 e. The molecule has 35 heavy (non-hydrogen) atoms. The van der Waals surface area contributed by atoms with Gasteiger partial charge >= 0.3 is 0 Å². The van der Waals surface area contributed by atoms with Crippen LogP contribution in [0.5, 0.6) is 0 Å². The summed E-state index contributed by atoms with van der Waals surface area (Å²) < 4.78 is 14.2. The summed E-state index contributed by atoms with van der Waals surface area (Å²) in [4.78, 5) is 42.4. The van der Waals surface area contributed by atoms with Crippen molar-refractivity contribution < 1.29 is 18.8 Å². The van der Waals surface area contributed by atoms with E-state index in [4.69, 9.17) is 0 Å². The number of halogens is 1. The van der Waals surface area contributed by atoms with Crippen molar-refractivity contribution in [2.45, 2.75) is 38.6 Å². The van der Waals surface area contributed by atoms with Crippen LogP contribution in [0.1, 0.15) is 48.7 Å². The number of anilines is 3. The normalized spacial score (nSPS) is 13.7. The fourth-order valence-corrected chi connectivity index (χ4v) is 4.73. The molecule has 9 heteroatoms. The maximum absolute atomic E-state index is 14.2. The molecule has 2 aromatic carbocycles. The predicted octanol–water partition coefficient (Wildman–Crippen LogP) is 5.29. The minimum absolute atomic E-state index is 0.107. The Morgan fingerprint density at radius 1 is 1.09 bits per heavy atom. The van der Waals surface area contributed by atoms with Gasteiger partial charge in [-0.2, -0.15) is 0 Å². The Balaban J connectivity index is 1.36. The van der Waals surface area contributed by atoms with Gasteiger partial charge in [-0.05, 0) is 55.3 Å². The lowest BCUT2D eigenvalue weighted by Crippen LogP contribution is -2.32. The molecular formula is C26H25FN4O3S. The van der Waals surface area contributed by atoms with Crippen molar-refractivity contribution >= 4 is 51.6 Å². The summed E-state index contributed by atoms with van der Waals surface area (Å²) in [5, 5.41) is 7.75. The molecule has 1 aromatic heterocycles. The second kappa shape index (κ2) is 11.1. The highest BCUT2D eigenvalue weighted by molar-refractivity contribution is 7.14. The number of amides is 3. The SMILES string of the molecule is CC(=O)N(c1nc(/C=C/C(=O)Nc2ccc(C(=O)NC3CCCC3)cc2)cs1)c1ccccc1F. The number of benzene rings is 2. The van der Waals surface area contributed by atoms with Gasteiger partial charge in [0.05, 0.1) is 11.4 Å². The minimum Gasteiger partial charge on any atom is -0.349 e. The predicted molar refractivity (Wildman–Crippen MR) is 135 cm³/mol. The van der Waals surface area contributed by atoms with Crippen LogP contribution in [0.25, 0.3) is 6.08 Å². The Bertz CT molecular complexity index is 1250. The molecule has 1 heterocycles. The molecule has 2 N–H and O–H groups in total. The summed E-state index contributed by atoms with van der Waals surface area (Å²) in [6, 6.07) is 12.9. The standard InChI is InChI=1S/C26H25FN4O3S/c1-17(32)31(23-9-5-4-8-22(23)27)26-30-21(16-35-26)14-15-24(33)28-20-12-10-18(11-13-20)25(34)29-19-6-2-3-7-19/h4-5,8-16,19H,2-3,6-7H2,1H3,(H,28,33)(H,29,34)/b15-14+. The van der Waals surface area contributed by atoms with Crippen LogP contribution in [0.2, 0.25) is 0 Å². The minimum atomic E-state index is -0.531. The maximum Gasteiger partial charge on any atom is 0.251 e. The number of carbonyl (C=O) groups excluding carboxylic acids is 3. The van der Waals surface area contributed by atoms with E-state index in [1.807, 2.05) is 0 Å². The molecular weight excluding hydrogens is 467 g/mol. The third kappa shape index (κ3) is 6.19. The highest BCUT2D eigenvalue weighted by Crippen LogP contribution is 2.31. The molecule has 0 atom stereocenters. The first kappa shape index (κ1) is 24.3. The van der Waals surface area contributed by atoms with Gasteiger partial charge in [-0.25, -0.2) is 9.37 Å². The zero-order valence-corrected chi connectivity index (χ0v) is 20.0. The molecule has 4 rings (SSSR count). The van der Waals surface area contributed by atoms with Crippen molar-refractivity contribution in [2.24, 2.45) is 0 Å². The Kier molecular flexibility index (Phi) is 7.67. The van der Waals surface area contributed by atoms with Crippen molar-refractivity contribution in [1.29, 1.82) is 0 Å². The zero-order chi connectivity index (χ0) is 24.8. The first-order valence-electron chi connectivity index (χ1n) is 11.3. The lowest BCUT2D eigenvalue weighted by molar-refractivity contribution is -0.116. The summed E-state index contributed by atoms with van der Waals surface area (Å²) in [6.07, 6.45) is 7.16. The summed E-state index contributed by atoms with van der Waals surface area (Å²) in [7, 11) is 0. The van der Waals surface area contributed by atoms with Gasteiger partial charge in [0.2, 0.25) is 11.8 Å².